The molecule has 4 rings (SSSR count). The van der Waals surface area contributed by atoms with Gasteiger partial charge in [0.1, 0.15) is 5.65 Å². The number of H-pyrrole nitrogens is 1. The van der Waals surface area contributed by atoms with Crippen molar-refractivity contribution in [1.82, 2.24) is 9.97 Å². The Balaban J connectivity index is 1.66. The standard InChI is InChI=1S/C16H15N3O2S/c20-22(21,13-5-6-13)19-12-3-1-11(2-4-12)14-7-9-17-16-15(14)8-10-18-16/h1-4,7-10,13,19H,5-6H2,(H,17,18). The summed E-state index contributed by atoms with van der Waals surface area (Å²) in [5.74, 6) is 0. The number of benzene rings is 1. The molecule has 0 unspecified atom stereocenters. The Labute approximate surface area is 128 Å². The van der Waals surface area contributed by atoms with Gasteiger partial charge in [-0.25, -0.2) is 13.4 Å². The van der Waals surface area contributed by atoms with Crippen molar-refractivity contribution in [3.8, 4) is 11.1 Å². The smallest absolute Gasteiger partial charge is 0.235 e. The highest BCUT2D eigenvalue weighted by molar-refractivity contribution is 7.93. The van der Waals surface area contributed by atoms with Crippen molar-refractivity contribution < 1.29 is 8.42 Å². The summed E-state index contributed by atoms with van der Waals surface area (Å²) in [6.07, 6.45) is 5.14. The van der Waals surface area contributed by atoms with Crippen LogP contribution in [0.2, 0.25) is 0 Å². The third-order valence-electron chi connectivity index (χ3n) is 3.88. The number of rotatable bonds is 4. The normalized spacial score (nSPS) is 15.1. The highest BCUT2D eigenvalue weighted by Gasteiger charge is 2.35. The number of hydrogen-bond acceptors (Lipinski definition) is 3. The molecule has 1 aliphatic carbocycles. The molecule has 3 aromatic rings. The van der Waals surface area contributed by atoms with Crippen LogP contribution in [0.5, 0.6) is 0 Å². The van der Waals surface area contributed by atoms with E-state index in [2.05, 4.69) is 14.7 Å². The van der Waals surface area contributed by atoms with Gasteiger partial charge in [-0.15, -0.1) is 0 Å². The van der Waals surface area contributed by atoms with Crippen LogP contribution in [0.3, 0.4) is 0 Å². The number of nitrogens with one attached hydrogen (secondary N) is 2. The lowest BCUT2D eigenvalue weighted by atomic mass is 10.0. The van der Waals surface area contributed by atoms with Crippen molar-refractivity contribution in [2.24, 2.45) is 0 Å². The second-order valence-electron chi connectivity index (χ2n) is 5.52. The number of aromatic amines is 1. The van der Waals surface area contributed by atoms with Crippen LogP contribution >= 0.6 is 0 Å². The molecule has 2 aromatic heterocycles. The average Bonchev–Trinajstić information content (AvgIpc) is 3.26. The van der Waals surface area contributed by atoms with Crippen LogP contribution in [0, 0.1) is 0 Å². The maximum Gasteiger partial charge on any atom is 0.235 e. The number of aromatic nitrogens is 2. The van der Waals surface area contributed by atoms with Gasteiger partial charge < -0.3 is 4.98 Å². The number of hydrogen-bond donors (Lipinski definition) is 2. The monoisotopic (exact) mass is 313 g/mol. The van der Waals surface area contributed by atoms with Crippen LogP contribution in [0.25, 0.3) is 22.2 Å². The summed E-state index contributed by atoms with van der Waals surface area (Å²) in [6.45, 7) is 0. The third-order valence-corrected chi connectivity index (χ3v) is 5.75. The number of fused-ring (bicyclic) bond motifs is 1. The molecule has 2 heterocycles. The zero-order chi connectivity index (χ0) is 15.2. The number of anilines is 1. The van der Waals surface area contributed by atoms with E-state index in [9.17, 15) is 8.42 Å². The molecule has 6 heteroatoms. The van der Waals surface area contributed by atoms with Gasteiger partial charge >= 0.3 is 0 Å². The van der Waals surface area contributed by atoms with E-state index in [1.165, 1.54) is 0 Å². The Morgan fingerprint density at radius 3 is 2.59 bits per heavy atom. The summed E-state index contributed by atoms with van der Waals surface area (Å²) in [5, 5.41) is 0.834. The quantitative estimate of drug-likeness (QED) is 0.777. The van der Waals surface area contributed by atoms with Gasteiger partial charge in [0.05, 0.1) is 5.25 Å². The Morgan fingerprint density at radius 1 is 1.09 bits per heavy atom. The molecular formula is C16H15N3O2S. The zero-order valence-electron chi connectivity index (χ0n) is 11.8. The van der Waals surface area contributed by atoms with Gasteiger partial charge in [-0.1, -0.05) is 12.1 Å². The first-order valence-electron chi connectivity index (χ1n) is 7.18. The van der Waals surface area contributed by atoms with Crippen LogP contribution in [-0.2, 0) is 10.0 Å². The summed E-state index contributed by atoms with van der Waals surface area (Å²) in [6, 6.07) is 11.4. The van der Waals surface area contributed by atoms with Gasteiger partial charge in [-0.2, -0.15) is 0 Å². The average molecular weight is 313 g/mol. The summed E-state index contributed by atoms with van der Waals surface area (Å²) in [4.78, 5) is 7.36. The first-order chi connectivity index (χ1) is 10.6. The number of nitrogens with zero attached hydrogens (tertiary/aromatic N) is 1. The molecule has 2 N–H and O–H groups in total. The molecule has 0 bridgehead atoms. The topological polar surface area (TPSA) is 74.8 Å². The summed E-state index contributed by atoms with van der Waals surface area (Å²) < 4.78 is 26.5. The zero-order valence-corrected chi connectivity index (χ0v) is 12.6. The fourth-order valence-electron chi connectivity index (χ4n) is 2.56. The second-order valence-corrected chi connectivity index (χ2v) is 7.48. The molecule has 1 fully saturated rings. The highest BCUT2D eigenvalue weighted by atomic mass is 32.2. The Kier molecular flexibility index (Phi) is 2.94. The molecule has 0 saturated heterocycles. The maximum atomic E-state index is 11.9. The lowest BCUT2D eigenvalue weighted by Gasteiger charge is -2.08. The van der Waals surface area contributed by atoms with Crippen LogP contribution < -0.4 is 4.72 Å². The predicted molar refractivity (Wildman–Crippen MR) is 87.1 cm³/mol. The van der Waals surface area contributed by atoms with Gasteiger partial charge in [-0.05, 0) is 48.2 Å². The molecule has 0 atom stereocenters. The van der Waals surface area contributed by atoms with Crippen LogP contribution in [0.4, 0.5) is 5.69 Å². The van der Waals surface area contributed by atoms with E-state index >= 15 is 0 Å². The van der Waals surface area contributed by atoms with Gasteiger partial charge in [0, 0.05) is 23.5 Å². The van der Waals surface area contributed by atoms with Gasteiger partial charge in [0.15, 0.2) is 0 Å². The van der Waals surface area contributed by atoms with Crippen molar-refractivity contribution >= 4 is 26.7 Å². The highest BCUT2D eigenvalue weighted by Crippen LogP contribution is 2.31. The molecule has 22 heavy (non-hydrogen) atoms. The molecule has 0 amide bonds. The van der Waals surface area contributed by atoms with E-state index in [-0.39, 0.29) is 5.25 Å². The molecule has 1 aliphatic rings. The van der Waals surface area contributed by atoms with E-state index in [0.717, 1.165) is 35.0 Å². The Morgan fingerprint density at radius 2 is 1.86 bits per heavy atom. The van der Waals surface area contributed by atoms with Crippen molar-refractivity contribution in [3.63, 3.8) is 0 Å². The van der Waals surface area contributed by atoms with Crippen molar-refractivity contribution in [1.29, 1.82) is 0 Å². The summed E-state index contributed by atoms with van der Waals surface area (Å²) in [7, 11) is -3.21. The van der Waals surface area contributed by atoms with Crippen molar-refractivity contribution in [2.45, 2.75) is 18.1 Å². The first-order valence-corrected chi connectivity index (χ1v) is 8.72. The van der Waals surface area contributed by atoms with Crippen LogP contribution in [0.1, 0.15) is 12.8 Å². The SMILES string of the molecule is O=S(=O)(Nc1ccc(-c2ccnc3[nH]ccc23)cc1)C1CC1. The van der Waals surface area contributed by atoms with E-state index in [4.69, 9.17) is 0 Å². The molecule has 1 aromatic carbocycles. The molecule has 0 aliphatic heterocycles. The second kappa shape index (κ2) is 4.84. The Hall–Kier alpha value is -2.34. The van der Waals surface area contributed by atoms with E-state index in [1.54, 1.807) is 18.3 Å². The lowest BCUT2D eigenvalue weighted by molar-refractivity contribution is 0.600. The van der Waals surface area contributed by atoms with Gasteiger partial charge in [0.2, 0.25) is 10.0 Å². The molecule has 112 valence electrons. The molecular weight excluding hydrogens is 298 g/mol. The number of pyridine rings is 1. The van der Waals surface area contributed by atoms with E-state index < -0.39 is 10.0 Å². The van der Waals surface area contributed by atoms with E-state index in [0.29, 0.717) is 5.69 Å². The minimum atomic E-state index is -3.21. The van der Waals surface area contributed by atoms with Crippen molar-refractivity contribution in [2.75, 3.05) is 4.72 Å². The van der Waals surface area contributed by atoms with Gasteiger partial charge in [0.25, 0.3) is 0 Å². The summed E-state index contributed by atoms with van der Waals surface area (Å²) >= 11 is 0. The maximum absolute atomic E-state index is 11.9. The van der Waals surface area contributed by atoms with Crippen molar-refractivity contribution in [3.05, 3.63) is 48.8 Å². The molecule has 1 saturated carbocycles. The largest absolute Gasteiger partial charge is 0.346 e. The fraction of sp³-hybridized carbons (Fsp3) is 0.188. The van der Waals surface area contributed by atoms with Gasteiger partial charge in [-0.3, -0.25) is 4.72 Å². The lowest BCUT2D eigenvalue weighted by Crippen LogP contribution is -2.17. The van der Waals surface area contributed by atoms with E-state index in [1.807, 2.05) is 30.5 Å². The molecule has 5 nitrogen and oxygen atoms in total. The third kappa shape index (κ3) is 2.35. The fourth-order valence-corrected chi connectivity index (χ4v) is 3.94. The van der Waals surface area contributed by atoms with Crippen LogP contribution in [-0.4, -0.2) is 23.6 Å². The minimum absolute atomic E-state index is 0.216. The molecule has 0 radical (unpaired) electrons. The summed E-state index contributed by atoms with van der Waals surface area (Å²) in [5.41, 5.74) is 3.55. The van der Waals surface area contributed by atoms with Crippen LogP contribution in [0.15, 0.2) is 48.8 Å². The molecule has 0 spiro atoms. The number of sulfonamides is 1. The first kappa shape index (κ1) is 13.3. The predicted octanol–water partition coefficient (Wildman–Crippen LogP) is 3.13. The Bertz CT molecular complexity index is 925. The minimum Gasteiger partial charge on any atom is -0.346 e.